The fourth-order valence-electron chi connectivity index (χ4n) is 0.916. The highest BCUT2D eigenvalue weighted by Gasteiger charge is 2.12. The minimum absolute atomic E-state index is 0.101. The predicted molar refractivity (Wildman–Crippen MR) is 48.0 cm³/mol. The highest BCUT2D eigenvalue weighted by molar-refractivity contribution is 5.69. The molecule has 1 aromatic rings. The molecule has 1 amide bonds. The minimum atomic E-state index is -1.08. The van der Waals surface area contributed by atoms with Crippen molar-refractivity contribution in [2.45, 2.75) is 0 Å². The molecule has 0 unspecified atom stereocenters. The van der Waals surface area contributed by atoms with Gasteiger partial charge in [0.15, 0.2) is 5.75 Å². The molecule has 0 spiro atoms. The lowest BCUT2D eigenvalue weighted by Gasteiger charge is -2.01. The van der Waals surface area contributed by atoms with Crippen molar-refractivity contribution in [2.75, 3.05) is 0 Å². The Kier molecular flexibility index (Phi) is 2.83. The predicted octanol–water partition coefficient (Wildman–Crippen LogP) is 0.924. The number of primary amides is 1. The Morgan fingerprint density at radius 3 is 2.73 bits per heavy atom. The van der Waals surface area contributed by atoms with E-state index in [2.05, 4.69) is 4.74 Å². The molecule has 0 aromatic heterocycles. The van der Waals surface area contributed by atoms with Gasteiger partial charge in [0.1, 0.15) is 11.6 Å². The number of nitro groups is 1. The number of carbonyl (C=O) groups is 1. The van der Waals surface area contributed by atoms with Crippen molar-refractivity contribution in [1.82, 2.24) is 0 Å². The smallest absolute Gasteiger partial charge is 0.409 e. The summed E-state index contributed by atoms with van der Waals surface area (Å²) < 4.78 is 4.46. The van der Waals surface area contributed by atoms with Gasteiger partial charge in [-0.25, -0.2) is 4.79 Å². The van der Waals surface area contributed by atoms with E-state index in [1.807, 2.05) is 0 Å². The average molecular weight is 207 g/mol. The van der Waals surface area contributed by atoms with E-state index >= 15 is 0 Å². The summed E-state index contributed by atoms with van der Waals surface area (Å²) in [5.41, 5.74) is 4.36. The van der Waals surface area contributed by atoms with Crippen LogP contribution in [-0.4, -0.2) is 11.0 Å². The molecule has 15 heavy (non-hydrogen) atoms. The third kappa shape index (κ3) is 2.41. The van der Waals surface area contributed by atoms with Crippen molar-refractivity contribution in [3.63, 3.8) is 0 Å². The van der Waals surface area contributed by atoms with Crippen LogP contribution in [-0.2, 0) is 0 Å². The zero-order chi connectivity index (χ0) is 11.4. The van der Waals surface area contributed by atoms with E-state index in [4.69, 9.17) is 11.0 Å². The number of amides is 1. The third-order valence-electron chi connectivity index (χ3n) is 1.50. The van der Waals surface area contributed by atoms with E-state index in [0.29, 0.717) is 0 Å². The molecular weight excluding hydrogens is 202 g/mol. The number of rotatable bonds is 2. The standard InChI is InChI=1S/C8H5N3O4/c9-4-5-3-6(11(13)14)1-2-7(5)15-8(10)12/h1-3H,(H2,10,12). The fraction of sp³-hybridized carbons (Fsp3) is 0. The molecule has 1 rings (SSSR count). The average Bonchev–Trinajstić information content (AvgIpc) is 2.17. The van der Waals surface area contributed by atoms with Gasteiger partial charge in [0, 0.05) is 12.1 Å². The van der Waals surface area contributed by atoms with E-state index in [0.717, 1.165) is 18.2 Å². The second-order valence-corrected chi connectivity index (χ2v) is 2.47. The Labute approximate surface area is 83.8 Å². The van der Waals surface area contributed by atoms with Crippen LogP contribution in [0.25, 0.3) is 0 Å². The number of carbonyl (C=O) groups excluding carboxylic acids is 1. The summed E-state index contributed by atoms with van der Waals surface area (Å²) in [7, 11) is 0. The highest BCUT2D eigenvalue weighted by Crippen LogP contribution is 2.23. The van der Waals surface area contributed by atoms with Gasteiger partial charge in [0.25, 0.3) is 5.69 Å². The summed E-state index contributed by atoms with van der Waals surface area (Å²) in [6.45, 7) is 0. The maximum atomic E-state index is 10.4. The van der Waals surface area contributed by atoms with Crippen LogP contribution in [0.1, 0.15) is 5.56 Å². The number of hydrogen-bond donors (Lipinski definition) is 1. The van der Waals surface area contributed by atoms with Gasteiger partial charge in [0.2, 0.25) is 0 Å². The van der Waals surface area contributed by atoms with Crippen molar-refractivity contribution in [1.29, 1.82) is 5.26 Å². The lowest BCUT2D eigenvalue weighted by atomic mass is 10.2. The second-order valence-electron chi connectivity index (χ2n) is 2.47. The van der Waals surface area contributed by atoms with Crippen LogP contribution in [0.15, 0.2) is 18.2 Å². The Balaban J connectivity index is 3.16. The summed E-state index contributed by atoms with van der Waals surface area (Å²) in [5.74, 6) is -0.101. The van der Waals surface area contributed by atoms with Crippen LogP contribution in [0.2, 0.25) is 0 Å². The van der Waals surface area contributed by atoms with Gasteiger partial charge < -0.3 is 10.5 Å². The number of ether oxygens (including phenoxy) is 1. The number of hydrogen-bond acceptors (Lipinski definition) is 5. The topological polar surface area (TPSA) is 119 Å². The molecule has 0 aliphatic carbocycles. The van der Waals surface area contributed by atoms with Crippen LogP contribution in [0.3, 0.4) is 0 Å². The summed E-state index contributed by atoms with van der Waals surface area (Å²) >= 11 is 0. The number of nitriles is 1. The first kappa shape index (κ1) is 10.5. The van der Waals surface area contributed by atoms with Gasteiger partial charge >= 0.3 is 6.09 Å². The Morgan fingerprint density at radius 2 is 2.27 bits per heavy atom. The molecule has 7 heteroatoms. The SMILES string of the molecule is N#Cc1cc([N+](=O)[O-])ccc1OC(N)=O. The molecule has 76 valence electrons. The molecule has 0 heterocycles. The van der Waals surface area contributed by atoms with Gasteiger partial charge in [-0.05, 0) is 6.07 Å². The Morgan fingerprint density at radius 1 is 1.60 bits per heavy atom. The van der Waals surface area contributed by atoms with Crippen molar-refractivity contribution in [2.24, 2.45) is 5.73 Å². The Hall–Kier alpha value is -2.62. The van der Waals surface area contributed by atoms with Crippen LogP contribution in [0.5, 0.6) is 5.75 Å². The maximum absolute atomic E-state index is 10.4. The summed E-state index contributed by atoms with van der Waals surface area (Å²) in [6.07, 6.45) is -1.08. The molecule has 0 fully saturated rings. The van der Waals surface area contributed by atoms with Crippen molar-refractivity contribution < 1.29 is 14.5 Å². The zero-order valence-electron chi connectivity index (χ0n) is 7.34. The van der Waals surface area contributed by atoms with Gasteiger partial charge in [-0.1, -0.05) is 0 Å². The number of nitrogens with zero attached hydrogens (tertiary/aromatic N) is 2. The highest BCUT2D eigenvalue weighted by atomic mass is 16.6. The van der Waals surface area contributed by atoms with Gasteiger partial charge in [-0.15, -0.1) is 0 Å². The summed E-state index contributed by atoms with van der Waals surface area (Å²) in [5, 5.41) is 19.0. The van der Waals surface area contributed by atoms with Crippen molar-refractivity contribution in [3.8, 4) is 11.8 Å². The molecule has 0 radical (unpaired) electrons. The normalized spacial score (nSPS) is 9.00. The minimum Gasteiger partial charge on any atom is -0.409 e. The lowest BCUT2D eigenvalue weighted by Crippen LogP contribution is -2.16. The van der Waals surface area contributed by atoms with Crippen molar-refractivity contribution >= 4 is 11.8 Å². The molecule has 7 nitrogen and oxygen atoms in total. The number of non-ortho nitro benzene ring substituents is 1. The number of nitro benzene ring substituents is 1. The third-order valence-corrected chi connectivity index (χ3v) is 1.50. The largest absolute Gasteiger partial charge is 0.410 e. The van der Waals surface area contributed by atoms with Crippen LogP contribution in [0.4, 0.5) is 10.5 Å². The second kappa shape index (κ2) is 4.06. The molecule has 0 aliphatic rings. The first-order chi connectivity index (χ1) is 7.04. The fourth-order valence-corrected chi connectivity index (χ4v) is 0.916. The van der Waals surface area contributed by atoms with Gasteiger partial charge in [-0.3, -0.25) is 10.1 Å². The summed E-state index contributed by atoms with van der Waals surface area (Å²) in [6, 6.07) is 4.91. The van der Waals surface area contributed by atoms with Gasteiger partial charge in [0.05, 0.1) is 4.92 Å². The van der Waals surface area contributed by atoms with Crippen molar-refractivity contribution in [3.05, 3.63) is 33.9 Å². The van der Waals surface area contributed by atoms with E-state index in [1.165, 1.54) is 0 Å². The molecule has 0 aliphatic heterocycles. The van der Waals surface area contributed by atoms with Crippen LogP contribution >= 0.6 is 0 Å². The first-order valence-corrected chi connectivity index (χ1v) is 3.70. The van der Waals surface area contributed by atoms with Gasteiger partial charge in [-0.2, -0.15) is 5.26 Å². The lowest BCUT2D eigenvalue weighted by molar-refractivity contribution is -0.384. The molecular formula is C8H5N3O4. The monoisotopic (exact) mass is 207 g/mol. The van der Waals surface area contributed by atoms with E-state index in [-0.39, 0.29) is 17.0 Å². The van der Waals surface area contributed by atoms with Crippen LogP contribution < -0.4 is 10.5 Å². The molecule has 0 bridgehead atoms. The van der Waals surface area contributed by atoms with E-state index in [1.54, 1.807) is 6.07 Å². The zero-order valence-corrected chi connectivity index (χ0v) is 7.34. The van der Waals surface area contributed by atoms with E-state index < -0.39 is 11.0 Å². The molecule has 0 saturated carbocycles. The quantitative estimate of drug-likeness (QED) is 0.571. The summed E-state index contributed by atoms with van der Waals surface area (Å²) in [4.78, 5) is 20.1. The number of nitrogens with two attached hydrogens (primary N) is 1. The Bertz CT molecular complexity index is 463. The number of benzene rings is 1. The maximum Gasteiger partial charge on any atom is 0.410 e. The van der Waals surface area contributed by atoms with Crippen LogP contribution in [0, 0.1) is 21.4 Å². The molecule has 0 atom stereocenters. The molecule has 0 saturated heterocycles. The molecule has 2 N–H and O–H groups in total. The molecule has 1 aromatic carbocycles. The van der Waals surface area contributed by atoms with E-state index in [9.17, 15) is 14.9 Å². The first-order valence-electron chi connectivity index (χ1n) is 3.70.